The van der Waals surface area contributed by atoms with Gasteiger partial charge >= 0.3 is 0 Å². The molecular formula is C8H11NOS. The maximum Gasteiger partial charge on any atom is 0.0935 e. The number of hydrogen-bond acceptors (Lipinski definition) is 3. The summed E-state index contributed by atoms with van der Waals surface area (Å²) in [6, 6.07) is 2.07. The van der Waals surface area contributed by atoms with E-state index in [1.807, 2.05) is 5.38 Å². The minimum absolute atomic E-state index is 0.457. The van der Waals surface area contributed by atoms with Crippen LogP contribution in [0, 0.1) is 0 Å². The quantitative estimate of drug-likeness (QED) is 0.680. The van der Waals surface area contributed by atoms with Crippen LogP contribution in [0.4, 0.5) is 0 Å². The molecule has 0 aromatic carbocycles. The Hall–Kier alpha value is -0.380. The first-order chi connectivity index (χ1) is 5.29. The first kappa shape index (κ1) is 7.28. The van der Waals surface area contributed by atoms with Crippen LogP contribution in [0.2, 0.25) is 0 Å². The topological polar surface area (TPSA) is 32.3 Å². The SMILES string of the molecule is OC1(Cc2ccsc2)CNC1. The average Bonchev–Trinajstić information content (AvgIpc) is 2.36. The largest absolute Gasteiger partial charge is 0.387 e. The predicted molar refractivity (Wildman–Crippen MR) is 45.8 cm³/mol. The second-order valence-corrected chi connectivity index (χ2v) is 3.92. The van der Waals surface area contributed by atoms with Gasteiger partial charge in [-0.05, 0) is 22.4 Å². The summed E-state index contributed by atoms with van der Waals surface area (Å²) >= 11 is 1.68. The first-order valence-corrected chi connectivity index (χ1v) is 4.67. The predicted octanol–water partition coefficient (Wildman–Crippen LogP) is 0.625. The van der Waals surface area contributed by atoms with Crippen molar-refractivity contribution in [2.45, 2.75) is 12.0 Å². The van der Waals surface area contributed by atoms with Gasteiger partial charge in [-0.25, -0.2) is 0 Å². The summed E-state index contributed by atoms with van der Waals surface area (Å²) in [6.45, 7) is 1.48. The third-order valence-corrected chi connectivity index (χ3v) is 2.75. The number of aliphatic hydroxyl groups is 1. The lowest BCUT2D eigenvalue weighted by atomic mass is 9.90. The van der Waals surface area contributed by atoms with Gasteiger partial charge in [-0.2, -0.15) is 11.3 Å². The Labute approximate surface area is 69.9 Å². The van der Waals surface area contributed by atoms with E-state index in [1.165, 1.54) is 5.56 Å². The molecule has 2 nitrogen and oxygen atoms in total. The van der Waals surface area contributed by atoms with Gasteiger partial charge in [0.15, 0.2) is 0 Å². The van der Waals surface area contributed by atoms with E-state index < -0.39 is 5.60 Å². The van der Waals surface area contributed by atoms with Gasteiger partial charge in [-0.3, -0.25) is 0 Å². The van der Waals surface area contributed by atoms with E-state index in [-0.39, 0.29) is 0 Å². The molecule has 0 spiro atoms. The van der Waals surface area contributed by atoms with Gasteiger partial charge in [-0.15, -0.1) is 0 Å². The summed E-state index contributed by atoms with van der Waals surface area (Å²) in [5.41, 5.74) is 0.792. The van der Waals surface area contributed by atoms with Crippen molar-refractivity contribution in [2.24, 2.45) is 0 Å². The molecule has 2 N–H and O–H groups in total. The van der Waals surface area contributed by atoms with Crippen molar-refractivity contribution >= 4 is 11.3 Å². The van der Waals surface area contributed by atoms with Crippen LogP contribution >= 0.6 is 11.3 Å². The van der Waals surface area contributed by atoms with Gasteiger partial charge in [0, 0.05) is 19.5 Å². The van der Waals surface area contributed by atoms with E-state index >= 15 is 0 Å². The molecular weight excluding hydrogens is 158 g/mol. The number of hydrogen-bond donors (Lipinski definition) is 2. The molecule has 0 radical (unpaired) electrons. The fourth-order valence-corrected chi connectivity index (χ4v) is 1.98. The zero-order chi connectivity index (χ0) is 7.73. The van der Waals surface area contributed by atoms with Gasteiger partial charge in [0.1, 0.15) is 0 Å². The van der Waals surface area contributed by atoms with Gasteiger partial charge in [0.2, 0.25) is 0 Å². The molecule has 0 aliphatic carbocycles. The summed E-state index contributed by atoms with van der Waals surface area (Å²) in [4.78, 5) is 0. The fraction of sp³-hybridized carbons (Fsp3) is 0.500. The number of nitrogens with one attached hydrogen (secondary N) is 1. The molecule has 2 heterocycles. The van der Waals surface area contributed by atoms with Gasteiger partial charge < -0.3 is 10.4 Å². The molecule has 1 aliphatic heterocycles. The minimum atomic E-state index is -0.457. The molecule has 1 fully saturated rings. The highest BCUT2D eigenvalue weighted by Gasteiger charge is 2.34. The molecule has 1 aromatic heterocycles. The van der Waals surface area contributed by atoms with Gasteiger partial charge in [0.25, 0.3) is 0 Å². The van der Waals surface area contributed by atoms with Crippen LogP contribution in [0.1, 0.15) is 5.56 Å². The van der Waals surface area contributed by atoms with Crippen LogP contribution in [0.3, 0.4) is 0 Å². The Morgan fingerprint density at radius 2 is 2.45 bits per heavy atom. The lowest BCUT2D eigenvalue weighted by Crippen LogP contribution is -2.60. The number of thiophene rings is 1. The molecule has 0 atom stereocenters. The van der Waals surface area contributed by atoms with Crippen LogP contribution < -0.4 is 5.32 Å². The average molecular weight is 169 g/mol. The van der Waals surface area contributed by atoms with E-state index in [2.05, 4.69) is 16.8 Å². The molecule has 60 valence electrons. The maximum absolute atomic E-state index is 9.72. The van der Waals surface area contributed by atoms with Crippen molar-refractivity contribution in [2.75, 3.05) is 13.1 Å². The summed E-state index contributed by atoms with van der Waals surface area (Å²) in [5.74, 6) is 0. The summed E-state index contributed by atoms with van der Waals surface area (Å²) in [5, 5.41) is 16.9. The Morgan fingerprint density at radius 1 is 1.64 bits per heavy atom. The van der Waals surface area contributed by atoms with Gasteiger partial charge in [0.05, 0.1) is 5.60 Å². The molecule has 1 aromatic rings. The van der Waals surface area contributed by atoms with E-state index in [9.17, 15) is 5.11 Å². The molecule has 1 saturated heterocycles. The normalized spacial score (nSPS) is 21.2. The van der Waals surface area contributed by atoms with Crippen molar-refractivity contribution in [3.05, 3.63) is 22.4 Å². The Kier molecular flexibility index (Phi) is 1.71. The third kappa shape index (κ3) is 1.45. The Bertz CT molecular complexity index is 228. The highest BCUT2D eigenvalue weighted by Crippen LogP contribution is 2.18. The van der Waals surface area contributed by atoms with Crippen LogP contribution in [-0.4, -0.2) is 23.8 Å². The van der Waals surface area contributed by atoms with Crippen molar-refractivity contribution in [1.82, 2.24) is 5.32 Å². The van der Waals surface area contributed by atoms with E-state index in [1.54, 1.807) is 11.3 Å². The number of rotatable bonds is 2. The fourth-order valence-electron chi connectivity index (χ4n) is 1.31. The summed E-state index contributed by atoms with van der Waals surface area (Å²) in [7, 11) is 0. The van der Waals surface area contributed by atoms with Crippen molar-refractivity contribution in [3.63, 3.8) is 0 Å². The highest BCUT2D eigenvalue weighted by molar-refractivity contribution is 7.07. The smallest absolute Gasteiger partial charge is 0.0935 e. The minimum Gasteiger partial charge on any atom is -0.387 e. The van der Waals surface area contributed by atoms with E-state index in [0.29, 0.717) is 0 Å². The van der Waals surface area contributed by atoms with Crippen LogP contribution in [-0.2, 0) is 6.42 Å². The van der Waals surface area contributed by atoms with E-state index in [4.69, 9.17) is 0 Å². The Balaban J connectivity index is 2.00. The molecule has 0 bridgehead atoms. The summed E-state index contributed by atoms with van der Waals surface area (Å²) < 4.78 is 0. The first-order valence-electron chi connectivity index (χ1n) is 3.73. The van der Waals surface area contributed by atoms with Crippen molar-refractivity contribution in [3.8, 4) is 0 Å². The van der Waals surface area contributed by atoms with Crippen LogP contribution in [0.15, 0.2) is 16.8 Å². The van der Waals surface area contributed by atoms with E-state index in [0.717, 1.165) is 19.5 Å². The van der Waals surface area contributed by atoms with Crippen molar-refractivity contribution in [1.29, 1.82) is 0 Å². The molecule has 0 saturated carbocycles. The van der Waals surface area contributed by atoms with Crippen molar-refractivity contribution < 1.29 is 5.11 Å². The molecule has 3 heteroatoms. The van der Waals surface area contributed by atoms with Crippen LogP contribution in [0.25, 0.3) is 0 Å². The molecule has 0 amide bonds. The summed E-state index contributed by atoms with van der Waals surface area (Å²) in [6.07, 6.45) is 0.795. The molecule has 0 unspecified atom stereocenters. The molecule has 1 aliphatic rings. The standard InChI is InChI=1S/C8H11NOS/c10-8(5-9-6-8)3-7-1-2-11-4-7/h1-2,4,9-10H,3,5-6H2. The zero-order valence-corrected chi connectivity index (χ0v) is 7.03. The number of β-amino-alcohol motifs (C(OH)–C–C–N with tert-alkyl or cyclic N) is 1. The lowest BCUT2D eigenvalue weighted by molar-refractivity contribution is -0.00893. The van der Waals surface area contributed by atoms with Gasteiger partial charge in [-0.1, -0.05) is 0 Å². The molecule has 11 heavy (non-hydrogen) atoms. The third-order valence-electron chi connectivity index (χ3n) is 2.02. The monoisotopic (exact) mass is 169 g/mol. The zero-order valence-electron chi connectivity index (χ0n) is 6.21. The second-order valence-electron chi connectivity index (χ2n) is 3.14. The second kappa shape index (κ2) is 2.59. The highest BCUT2D eigenvalue weighted by atomic mass is 32.1. The lowest BCUT2D eigenvalue weighted by Gasteiger charge is -2.37. The Morgan fingerprint density at radius 3 is 2.91 bits per heavy atom. The maximum atomic E-state index is 9.72. The molecule has 2 rings (SSSR count). The van der Waals surface area contributed by atoms with Crippen LogP contribution in [0.5, 0.6) is 0 Å².